The van der Waals surface area contributed by atoms with E-state index in [-0.39, 0.29) is 6.61 Å². The molecule has 0 aromatic heterocycles. The van der Waals surface area contributed by atoms with Gasteiger partial charge >= 0.3 is 6.09 Å². The number of aliphatic hydroxyl groups is 1. The molecule has 1 amide bonds. The highest BCUT2D eigenvalue weighted by atomic mass is 16.4. The van der Waals surface area contributed by atoms with Gasteiger partial charge in [-0.05, 0) is 13.3 Å². The lowest BCUT2D eigenvalue weighted by molar-refractivity contribution is 0.139. The molecule has 0 bridgehead atoms. The van der Waals surface area contributed by atoms with Crippen LogP contribution in [0.15, 0.2) is 0 Å². The summed E-state index contributed by atoms with van der Waals surface area (Å²) in [5, 5.41) is 19.9. The Balaban J connectivity index is 3.88. The van der Waals surface area contributed by atoms with E-state index in [4.69, 9.17) is 10.2 Å². The molecule has 0 radical (unpaired) electrons. The number of hydrogen-bond acceptors (Lipinski definition) is 2. The Morgan fingerprint density at radius 2 is 2.08 bits per heavy atom. The maximum atomic E-state index is 10.4. The van der Waals surface area contributed by atoms with E-state index < -0.39 is 11.6 Å². The Morgan fingerprint density at radius 1 is 1.46 bits per heavy atom. The Hall–Kier alpha value is -0.770. The summed E-state index contributed by atoms with van der Waals surface area (Å²) in [5.41, 5.74) is -0.680. The molecule has 0 aromatic carbocycles. The van der Waals surface area contributed by atoms with Gasteiger partial charge in [0.1, 0.15) is 0 Å². The molecule has 0 aliphatic carbocycles. The van der Waals surface area contributed by atoms with Crippen LogP contribution in [0.1, 0.15) is 39.5 Å². The summed E-state index contributed by atoms with van der Waals surface area (Å²) in [7, 11) is 0. The fourth-order valence-corrected chi connectivity index (χ4v) is 1.20. The molecular weight excluding hydrogens is 170 g/mol. The maximum Gasteiger partial charge on any atom is 0.405 e. The van der Waals surface area contributed by atoms with Gasteiger partial charge < -0.3 is 15.5 Å². The van der Waals surface area contributed by atoms with E-state index in [0.717, 1.165) is 19.3 Å². The first-order valence-corrected chi connectivity index (χ1v) is 4.66. The van der Waals surface area contributed by atoms with Crippen molar-refractivity contribution >= 4 is 6.09 Å². The van der Waals surface area contributed by atoms with Gasteiger partial charge in [0.15, 0.2) is 0 Å². The van der Waals surface area contributed by atoms with Gasteiger partial charge in [0.25, 0.3) is 0 Å². The number of hydrogen-bond donors (Lipinski definition) is 3. The van der Waals surface area contributed by atoms with E-state index in [1.165, 1.54) is 0 Å². The largest absolute Gasteiger partial charge is 0.465 e. The Morgan fingerprint density at radius 3 is 2.46 bits per heavy atom. The molecule has 0 aromatic rings. The van der Waals surface area contributed by atoms with Crippen LogP contribution in [0.25, 0.3) is 0 Å². The average Bonchev–Trinajstić information content (AvgIpc) is 2.04. The standard InChI is InChI=1S/C9H19NO3/c1-3-4-5-6-9(2,7-11)10-8(12)13/h10-11H,3-7H2,1-2H3,(H,12,13). The summed E-state index contributed by atoms with van der Waals surface area (Å²) < 4.78 is 0. The van der Waals surface area contributed by atoms with Gasteiger partial charge in [0.2, 0.25) is 0 Å². The van der Waals surface area contributed by atoms with E-state index in [9.17, 15) is 4.79 Å². The minimum absolute atomic E-state index is 0.150. The first-order chi connectivity index (χ1) is 6.04. The molecule has 0 aliphatic heterocycles. The quantitative estimate of drug-likeness (QED) is 0.556. The minimum Gasteiger partial charge on any atom is -0.465 e. The predicted octanol–water partition coefficient (Wildman–Crippen LogP) is 1.59. The minimum atomic E-state index is -1.08. The van der Waals surface area contributed by atoms with E-state index in [2.05, 4.69) is 12.2 Å². The normalized spacial score (nSPS) is 15.0. The molecule has 0 aliphatic rings. The number of unbranched alkanes of at least 4 members (excludes halogenated alkanes) is 2. The van der Waals surface area contributed by atoms with Crippen LogP contribution < -0.4 is 5.32 Å². The zero-order chi connectivity index (χ0) is 10.3. The van der Waals surface area contributed by atoms with Crippen molar-refractivity contribution in [3.8, 4) is 0 Å². The van der Waals surface area contributed by atoms with Gasteiger partial charge in [-0.15, -0.1) is 0 Å². The molecule has 1 atom stereocenters. The molecule has 0 heterocycles. The molecule has 0 saturated carbocycles. The van der Waals surface area contributed by atoms with Gasteiger partial charge in [-0.1, -0.05) is 26.2 Å². The van der Waals surface area contributed by atoms with Crippen LogP contribution in [-0.4, -0.2) is 28.5 Å². The van der Waals surface area contributed by atoms with Crippen LogP contribution in [-0.2, 0) is 0 Å². The smallest absolute Gasteiger partial charge is 0.405 e. The predicted molar refractivity (Wildman–Crippen MR) is 50.8 cm³/mol. The molecule has 3 N–H and O–H groups in total. The molecule has 78 valence electrons. The van der Waals surface area contributed by atoms with Crippen LogP contribution in [0.3, 0.4) is 0 Å². The highest BCUT2D eigenvalue weighted by Gasteiger charge is 2.24. The lowest BCUT2D eigenvalue weighted by atomic mass is 9.95. The molecular formula is C9H19NO3. The average molecular weight is 189 g/mol. The molecule has 0 rings (SSSR count). The topological polar surface area (TPSA) is 69.6 Å². The lowest BCUT2D eigenvalue weighted by Gasteiger charge is -2.26. The Labute approximate surface area is 79.0 Å². The third-order valence-electron chi connectivity index (χ3n) is 2.09. The summed E-state index contributed by atoms with van der Waals surface area (Å²) in [6, 6.07) is 0. The first kappa shape index (κ1) is 12.2. The third kappa shape index (κ3) is 5.47. The van der Waals surface area contributed by atoms with Gasteiger partial charge in [0, 0.05) is 0 Å². The fraction of sp³-hybridized carbons (Fsp3) is 0.889. The van der Waals surface area contributed by atoms with Crippen molar-refractivity contribution in [2.75, 3.05) is 6.61 Å². The Kier molecular flexibility index (Phi) is 5.46. The number of rotatable bonds is 6. The first-order valence-electron chi connectivity index (χ1n) is 4.66. The van der Waals surface area contributed by atoms with Crippen LogP contribution in [0.5, 0.6) is 0 Å². The van der Waals surface area contributed by atoms with Crippen LogP contribution >= 0.6 is 0 Å². The molecule has 0 fully saturated rings. The van der Waals surface area contributed by atoms with Gasteiger partial charge in [0.05, 0.1) is 12.1 Å². The number of carbonyl (C=O) groups is 1. The van der Waals surface area contributed by atoms with Gasteiger partial charge in [-0.2, -0.15) is 0 Å². The molecule has 4 heteroatoms. The van der Waals surface area contributed by atoms with Gasteiger partial charge in [-0.25, -0.2) is 4.79 Å². The summed E-state index contributed by atoms with van der Waals surface area (Å²) in [4.78, 5) is 10.4. The maximum absolute atomic E-state index is 10.4. The number of amides is 1. The summed E-state index contributed by atoms with van der Waals surface area (Å²) in [6.07, 6.45) is 2.70. The molecule has 0 spiro atoms. The zero-order valence-electron chi connectivity index (χ0n) is 8.34. The van der Waals surface area contributed by atoms with Crippen LogP contribution in [0.4, 0.5) is 4.79 Å². The second-order valence-electron chi connectivity index (χ2n) is 3.61. The van der Waals surface area contributed by atoms with Crippen molar-refractivity contribution < 1.29 is 15.0 Å². The number of nitrogens with one attached hydrogen (secondary N) is 1. The van der Waals surface area contributed by atoms with Crippen molar-refractivity contribution in [1.82, 2.24) is 5.32 Å². The second kappa shape index (κ2) is 5.80. The van der Waals surface area contributed by atoms with Gasteiger partial charge in [-0.3, -0.25) is 0 Å². The van der Waals surface area contributed by atoms with E-state index in [1.807, 2.05) is 0 Å². The molecule has 0 saturated heterocycles. The zero-order valence-corrected chi connectivity index (χ0v) is 8.34. The van der Waals surface area contributed by atoms with E-state index in [1.54, 1.807) is 6.92 Å². The van der Waals surface area contributed by atoms with Crippen LogP contribution in [0, 0.1) is 0 Å². The SMILES string of the molecule is CCCCCC(C)(CO)NC(=O)O. The summed E-state index contributed by atoms with van der Waals surface area (Å²) in [5.74, 6) is 0. The molecule has 4 nitrogen and oxygen atoms in total. The van der Waals surface area contributed by atoms with Crippen molar-refractivity contribution in [2.24, 2.45) is 0 Å². The Bertz CT molecular complexity index is 161. The third-order valence-corrected chi connectivity index (χ3v) is 2.09. The van der Waals surface area contributed by atoms with E-state index >= 15 is 0 Å². The van der Waals surface area contributed by atoms with Crippen molar-refractivity contribution in [1.29, 1.82) is 0 Å². The van der Waals surface area contributed by atoms with Crippen molar-refractivity contribution in [3.05, 3.63) is 0 Å². The van der Waals surface area contributed by atoms with Crippen molar-refractivity contribution in [3.63, 3.8) is 0 Å². The fourth-order valence-electron chi connectivity index (χ4n) is 1.20. The van der Waals surface area contributed by atoms with Crippen molar-refractivity contribution in [2.45, 2.75) is 45.1 Å². The summed E-state index contributed by atoms with van der Waals surface area (Å²) in [6.45, 7) is 3.65. The van der Waals surface area contributed by atoms with E-state index in [0.29, 0.717) is 6.42 Å². The second-order valence-corrected chi connectivity index (χ2v) is 3.61. The summed E-state index contributed by atoms with van der Waals surface area (Å²) >= 11 is 0. The highest BCUT2D eigenvalue weighted by molar-refractivity contribution is 5.65. The molecule has 1 unspecified atom stereocenters. The highest BCUT2D eigenvalue weighted by Crippen LogP contribution is 2.13. The number of carboxylic acid groups (broad SMARTS) is 1. The van der Waals surface area contributed by atoms with Crippen LogP contribution in [0.2, 0.25) is 0 Å². The lowest BCUT2D eigenvalue weighted by Crippen LogP contribution is -2.48. The number of aliphatic hydroxyl groups excluding tert-OH is 1. The monoisotopic (exact) mass is 189 g/mol. The molecule has 13 heavy (non-hydrogen) atoms.